The van der Waals surface area contributed by atoms with E-state index in [4.69, 9.17) is 10.2 Å². The first-order chi connectivity index (χ1) is 8.20. The first kappa shape index (κ1) is 20.2. The lowest BCUT2D eigenvalue weighted by Gasteiger charge is -2.29. The summed E-state index contributed by atoms with van der Waals surface area (Å²) in [7, 11) is 0. The minimum Gasteiger partial charge on any atom is -0.396 e. The molecule has 0 aromatic rings. The highest BCUT2D eigenvalue weighted by Gasteiger charge is 2.27. The summed E-state index contributed by atoms with van der Waals surface area (Å²) < 4.78 is 0. The van der Waals surface area contributed by atoms with Crippen LogP contribution in [0.2, 0.25) is 0 Å². The second kappa shape index (κ2) is 10.7. The van der Waals surface area contributed by atoms with E-state index in [1.54, 1.807) is 13.8 Å². The molecule has 112 valence electrons. The quantitative estimate of drug-likeness (QED) is 0.564. The summed E-state index contributed by atoms with van der Waals surface area (Å²) >= 11 is 0. The predicted octanol–water partition coefficient (Wildman–Crippen LogP) is 1.69. The lowest BCUT2D eigenvalue weighted by atomic mass is 9.87. The zero-order chi connectivity index (χ0) is 14.8. The summed E-state index contributed by atoms with van der Waals surface area (Å²) in [5.74, 6) is -0.0579. The number of aliphatic hydroxyl groups is 4. The van der Waals surface area contributed by atoms with Gasteiger partial charge < -0.3 is 20.4 Å². The third-order valence-electron chi connectivity index (χ3n) is 3.19. The summed E-state index contributed by atoms with van der Waals surface area (Å²) in [5, 5.41) is 35.9. The van der Waals surface area contributed by atoms with Crippen LogP contribution in [0, 0.1) is 5.92 Å². The van der Waals surface area contributed by atoms with Gasteiger partial charge in [-0.2, -0.15) is 0 Å². The minimum absolute atomic E-state index is 0.0579. The average molecular weight is 264 g/mol. The molecule has 0 saturated heterocycles. The van der Waals surface area contributed by atoms with Crippen LogP contribution in [0.3, 0.4) is 0 Å². The fourth-order valence-corrected chi connectivity index (χ4v) is 1.45. The van der Waals surface area contributed by atoms with Gasteiger partial charge in [-0.05, 0) is 33.1 Å². The normalized spacial score (nSPS) is 16.5. The van der Waals surface area contributed by atoms with Gasteiger partial charge in [-0.15, -0.1) is 0 Å². The number of rotatable bonds is 7. The standard InChI is InChI=1S/C8H18O2.C6H14O2/c1-5-7(9)6(2)8(3,4)10;1-2-3-6(8)4-5-7/h6-7,9-10H,5H2,1-4H3;6-8H,2-5H2,1H3. The van der Waals surface area contributed by atoms with Gasteiger partial charge in [0.15, 0.2) is 0 Å². The number of aliphatic hydroxyl groups excluding tert-OH is 3. The van der Waals surface area contributed by atoms with Crippen LogP contribution in [-0.4, -0.2) is 44.8 Å². The van der Waals surface area contributed by atoms with Crippen LogP contribution in [-0.2, 0) is 0 Å². The van der Waals surface area contributed by atoms with Crippen LogP contribution >= 0.6 is 0 Å². The molecule has 0 aromatic heterocycles. The lowest BCUT2D eigenvalue weighted by Crippen LogP contribution is -2.36. The van der Waals surface area contributed by atoms with Gasteiger partial charge in [0.05, 0.1) is 17.8 Å². The molecule has 0 aliphatic rings. The maximum Gasteiger partial charge on any atom is 0.0641 e. The van der Waals surface area contributed by atoms with Crippen LogP contribution in [0.1, 0.15) is 60.3 Å². The van der Waals surface area contributed by atoms with E-state index in [1.807, 2.05) is 20.8 Å². The Morgan fingerprint density at radius 2 is 1.56 bits per heavy atom. The van der Waals surface area contributed by atoms with Crippen molar-refractivity contribution in [2.24, 2.45) is 5.92 Å². The predicted molar refractivity (Wildman–Crippen MR) is 74.4 cm³/mol. The molecular formula is C14H32O4. The summed E-state index contributed by atoms with van der Waals surface area (Å²) in [6, 6.07) is 0. The van der Waals surface area contributed by atoms with Gasteiger partial charge in [0.25, 0.3) is 0 Å². The van der Waals surface area contributed by atoms with E-state index < -0.39 is 5.60 Å². The third-order valence-corrected chi connectivity index (χ3v) is 3.19. The van der Waals surface area contributed by atoms with Gasteiger partial charge in [0.2, 0.25) is 0 Å². The highest BCUT2D eigenvalue weighted by Crippen LogP contribution is 2.20. The van der Waals surface area contributed by atoms with E-state index in [9.17, 15) is 10.2 Å². The zero-order valence-electron chi connectivity index (χ0n) is 12.6. The highest BCUT2D eigenvalue weighted by molar-refractivity contribution is 4.78. The van der Waals surface area contributed by atoms with E-state index in [1.165, 1.54) is 0 Å². The SMILES string of the molecule is CCC(O)C(C)C(C)(C)O.CCCC(O)CCO. The van der Waals surface area contributed by atoms with Crippen LogP contribution in [0.5, 0.6) is 0 Å². The molecule has 18 heavy (non-hydrogen) atoms. The summed E-state index contributed by atoms with van der Waals surface area (Å²) in [6.45, 7) is 9.32. The Labute approximate surface area is 112 Å². The van der Waals surface area contributed by atoms with Crippen molar-refractivity contribution in [3.05, 3.63) is 0 Å². The van der Waals surface area contributed by atoms with Crippen LogP contribution in [0.15, 0.2) is 0 Å². The molecule has 0 amide bonds. The fourth-order valence-electron chi connectivity index (χ4n) is 1.45. The monoisotopic (exact) mass is 264 g/mol. The summed E-state index contributed by atoms with van der Waals surface area (Å²) in [6.07, 6.45) is 2.34. The maximum absolute atomic E-state index is 9.43. The van der Waals surface area contributed by atoms with Crippen molar-refractivity contribution in [2.75, 3.05) is 6.61 Å². The number of hydrogen-bond acceptors (Lipinski definition) is 4. The van der Waals surface area contributed by atoms with Crippen molar-refractivity contribution in [3.63, 3.8) is 0 Å². The smallest absolute Gasteiger partial charge is 0.0641 e. The molecule has 3 atom stereocenters. The molecule has 0 aromatic carbocycles. The minimum atomic E-state index is -0.768. The van der Waals surface area contributed by atoms with Crippen molar-refractivity contribution in [1.29, 1.82) is 0 Å². The van der Waals surface area contributed by atoms with E-state index in [2.05, 4.69) is 0 Å². The van der Waals surface area contributed by atoms with E-state index in [0.717, 1.165) is 12.8 Å². The van der Waals surface area contributed by atoms with Gasteiger partial charge in [0.1, 0.15) is 0 Å². The van der Waals surface area contributed by atoms with E-state index in [-0.39, 0.29) is 24.7 Å². The van der Waals surface area contributed by atoms with E-state index in [0.29, 0.717) is 12.8 Å². The van der Waals surface area contributed by atoms with Gasteiger partial charge in [-0.3, -0.25) is 0 Å². The van der Waals surface area contributed by atoms with Crippen LogP contribution < -0.4 is 0 Å². The molecule has 0 aliphatic heterocycles. The Bertz CT molecular complexity index is 171. The van der Waals surface area contributed by atoms with Gasteiger partial charge in [-0.25, -0.2) is 0 Å². The van der Waals surface area contributed by atoms with Crippen molar-refractivity contribution >= 4 is 0 Å². The molecule has 0 heterocycles. The molecule has 0 bridgehead atoms. The molecule has 4 N–H and O–H groups in total. The van der Waals surface area contributed by atoms with Crippen LogP contribution in [0.25, 0.3) is 0 Å². The molecule has 0 rings (SSSR count). The maximum atomic E-state index is 9.43. The molecule has 0 spiro atoms. The Hall–Kier alpha value is -0.160. The topological polar surface area (TPSA) is 80.9 Å². The van der Waals surface area contributed by atoms with Crippen molar-refractivity contribution < 1.29 is 20.4 Å². The van der Waals surface area contributed by atoms with Crippen molar-refractivity contribution in [2.45, 2.75) is 78.1 Å². The first-order valence-electron chi connectivity index (χ1n) is 6.89. The summed E-state index contributed by atoms with van der Waals surface area (Å²) in [5.41, 5.74) is -0.768. The van der Waals surface area contributed by atoms with E-state index >= 15 is 0 Å². The first-order valence-corrected chi connectivity index (χ1v) is 6.89. The molecule has 0 saturated carbocycles. The Morgan fingerprint density at radius 1 is 1.06 bits per heavy atom. The molecule has 0 fully saturated rings. The second-order valence-electron chi connectivity index (χ2n) is 5.37. The Morgan fingerprint density at radius 3 is 1.78 bits per heavy atom. The molecule has 0 radical (unpaired) electrons. The summed E-state index contributed by atoms with van der Waals surface area (Å²) in [4.78, 5) is 0. The molecule has 3 unspecified atom stereocenters. The Balaban J connectivity index is 0. The molecule has 4 nitrogen and oxygen atoms in total. The van der Waals surface area contributed by atoms with Crippen LogP contribution in [0.4, 0.5) is 0 Å². The molecule has 4 heteroatoms. The molecular weight excluding hydrogens is 232 g/mol. The molecule has 0 aliphatic carbocycles. The average Bonchev–Trinajstić information content (AvgIpc) is 2.27. The van der Waals surface area contributed by atoms with Gasteiger partial charge in [-0.1, -0.05) is 27.2 Å². The highest BCUT2D eigenvalue weighted by atomic mass is 16.3. The Kier molecular flexibility index (Phi) is 12.0. The second-order valence-corrected chi connectivity index (χ2v) is 5.37. The van der Waals surface area contributed by atoms with Crippen molar-refractivity contribution in [1.82, 2.24) is 0 Å². The zero-order valence-corrected chi connectivity index (χ0v) is 12.6. The largest absolute Gasteiger partial charge is 0.396 e. The lowest BCUT2D eigenvalue weighted by molar-refractivity contribution is -0.0386. The van der Waals surface area contributed by atoms with Crippen molar-refractivity contribution in [3.8, 4) is 0 Å². The number of hydrogen-bond donors (Lipinski definition) is 4. The third kappa shape index (κ3) is 11.0. The van der Waals surface area contributed by atoms with Gasteiger partial charge >= 0.3 is 0 Å². The fraction of sp³-hybridized carbons (Fsp3) is 1.00. The van der Waals surface area contributed by atoms with Gasteiger partial charge in [0, 0.05) is 12.5 Å².